The van der Waals surface area contributed by atoms with Gasteiger partial charge >= 0.3 is 0 Å². The summed E-state index contributed by atoms with van der Waals surface area (Å²) < 4.78 is 24.4. The Kier molecular flexibility index (Phi) is 8.06. The summed E-state index contributed by atoms with van der Waals surface area (Å²) in [5.41, 5.74) is 2.38. The van der Waals surface area contributed by atoms with Crippen molar-refractivity contribution >= 4 is 29.3 Å². The lowest BCUT2D eigenvalue weighted by Gasteiger charge is -2.13. The number of nitriles is 1. The fourth-order valence-corrected chi connectivity index (χ4v) is 3.52. The monoisotopic (exact) mass is 464 g/mol. The summed E-state index contributed by atoms with van der Waals surface area (Å²) in [5, 5.41) is 12.6. The van der Waals surface area contributed by atoms with Crippen LogP contribution in [-0.2, 0) is 11.2 Å². The van der Waals surface area contributed by atoms with Crippen molar-refractivity contribution in [1.29, 1.82) is 5.26 Å². The van der Waals surface area contributed by atoms with E-state index in [-0.39, 0.29) is 11.4 Å². The molecule has 1 N–H and O–H groups in total. The molecule has 0 aromatic heterocycles. The predicted molar refractivity (Wildman–Crippen MR) is 127 cm³/mol. The summed E-state index contributed by atoms with van der Waals surface area (Å²) in [4.78, 5) is 12.6. The van der Waals surface area contributed by atoms with Crippen molar-refractivity contribution in [2.24, 2.45) is 0 Å². The molecular weight excluding hydrogens is 443 g/mol. The third-order valence-electron chi connectivity index (χ3n) is 4.77. The molecule has 0 saturated heterocycles. The number of hydrogen-bond donors (Lipinski definition) is 1. The minimum atomic E-state index is -0.555. The van der Waals surface area contributed by atoms with Crippen LogP contribution in [0.25, 0.3) is 6.08 Å². The highest BCUT2D eigenvalue weighted by Crippen LogP contribution is 2.32. The fourth-order valence-electron chi connectivity index (χ4n) is 3.23. The summed E-state index contributed by atoms with van der Waals surface area (Å²) in [5.74, 6) is 0.272. The van der Waals surface area contributed by atoms with Gasteiger partial charge in [-0.2, -0.15) is 5.26 Å². The SMILES string of the molecule is CCOc1ccc(NC(=O)/C(C#N)=C/c2cc(Cl)c(Cc3cccc(F)c3)c(OC)c2)cc1. The number of anilines is 1. The predicted octanol–water partition coefficient (Wildman–Crippen LogP) is 6.02. The molecule has 0 atom stereocenters. The van der Waals surface area contributed by atoms with Crippen LogP contribution in [0.1, 0.15) is 23.6 Å². The van der Waals surface area contributed by atoms with Crippen LogP contribution in [0.15, 0.2) is 66.2 Å². The molecule has 0 fully saturated rings. The van der Waals surface area contributed by atoms with E-state index in [2.05, 4.69) is 5.32 Å². The van der Waals surface area contributed by atoms with Gasteiger partial charge in [-0.3, -0.25) is 4.79 Å². The highest BCUT2D eigenvalue weighted by Gasteiger charge is 2.14. The molecule has 0 spiro atoms. The Labute approximate surface area is 197 Å². The van der Waals surface area contributed by atoms with Crippen molar-refractivity contribution in [2.45, 2.75) is 13.3 Å². The quantitative estimate of drug-likeness (QED) is 0.326. The van der Waals surface area contributed by atoms with E-state index >= 15 is 0 Å². The minimum absolute atomic E-state index is 0.0973. The lowest BCUT2D eigenvalue weighted by atomic mass is 10.0. The van der Waals surface area contributed by atoms with Gasteiger partial charge in [-0.1, -0.05) is 23.7 Å². The maximum absolute atomic E-state index is 13.5. The van der Waals surface area contributed by atoms with Crippen molar-refractivity contribution in [3.63, 3.8) is 0 Å². The first-order valence-corrected chi connectivity index (χ1v) is 10.6. The van der Waals surface area contributed by atoms with E-state index in [0.717, 1.165) is 5.56 Å². The second-order valence-electron chi connectivity index (χ2n) is 7.07. The Bertz CT molecular complexity index is 1220. The second-order valence-corrected chi connectivity index (χ2v) is 7.48. The smallest absolute Gasteiger partial charge is 0.266 e. The van der Waals surface area contributed by atoms with Gasteiger partial charge in [0.05, 0.1) is 13.7 Å². The number of nitrogens with zero attached hydrogens (tertiary/aromatic N) is 1. The Hall–Kier alpha value is -3.82. The van der Waals surface area contributed by atoms with Gasteiger partial charge < -0.3 is 14.8 Å². The molecule has 5 nitrogen and oxygen atoms in total. The lowest BCUT2D eigenvalue weighted by Crippen LogP contribution is -2.13. The van der Waals surface area contributed by atoms with Crippen LogP contribution in [0, 0.1) is 17.1 Å². The number of hydrogen-bond acceptors (Lipinski definition) is 4. The highest BCUT2D eigenvalue weighted by atomic mass is 35.5. The number of carbonyl (C=O) groups is 1. The highest BCUT2D eigenvalue weighted by molar-refractivity contribution is 6.31. The van der Waals surface area contributed by atoms with Crippen molar-refractivity contribution in [2.75, 3.05) is 19.0 Å². The first-order chi connectivity index (χ1) is 15.9. The van der Waals surface area contributed by atoms with Crippen molar-refractivity contribution in [3.8, 4) is 17.6 Å². The van der Waals surface area contributed by atoms with Gasteiger partial charge in [-0.25, -0.2) is 4.39 Å². The molecule has 0 aliphatic carbocycles. The zero-order chi connectivity index (χ0) is 23.8. The number of carbonyl (C=O) groups excluding carboxylic acids is 1. The Morgan fingerprint density at radius 1 is 1.18 bits per heavy atom. The fraction of sp³-hybridized carbons (Fsp3) is 0.154. The third-order valence-corrected chi connectivity index (χ3v) is 5.10. The zero-order valence-electron chi connectivity index (χ0n) is 18.2. The van der Waals surface area contributed by atoms with Gasteiger partial charge in [-0.15, -0.1) is 0 Å². The van der Waals surface area contributed by atoms with E-state index < -0.39 is 5.91 Å². The maximum Gasteiger partial charge on any atom is 0.266 e. The summed E-state index contributed by atoms with van der Waals surface area (Å²) >= 11 is 6.48. The number of nitrogens with one attached hydrogen (secondary N) is 1. The molecule has 0 bridgehead atoms. The van der Waals surface area contributed by atoms with E-state index in [0.29, 0.717) is 46.4 Å². The van der Waals surface area contributed by atoms with Gasteiger partial charge in [0, 0.05) is 22.7 Å². The Morgan fingerprint density at radius 3 is 2.58 bits per heavy atom. The molecule has 0 heterocycles. The van der Waals surface area contributed by atoms with Crippen LogP contribution < -0.4 is 14.8 Å². The average molecular weight is 465 g/mol. The molecule has 3 aromatic carbocycles. The van der Waals surface area contributed by atoms with Gasteiger partial charge in [0.25, 0.3) is 5.91 Å². The van der Waals surface area contributed by atoms with Crippen LogP contribution in [0.3, 0.4) is 0 Å². The standard InChI is InChI=1S/C26H22ClFN2O3/c1-3-33-22-9-7-21(8-10-22)30-26(31)19(16-29)11-18-14-24(27)23(25(15-18)32-2)13-17-5-4-6-20(28)12-17/h4-12,14-15H,3,13H2,1-2H3,(H,30,31)/b19-11+. The lowest BCUT2D eigenvalue weighted by molar-refractivity contribution is -0.112. The van der Waals surface area contributed by atoms with Crippen molar-refractivity contribution < 1.29 is 18.7 Å². The topological polar surface area (TPSA) is 71.3 Å². The zero-order valence-corrected chi connectivity index (χ0v) is 18.9. The molecule has 168 valence electrons. The summed E-state index contributed by atoms with van der Waals surface area (Å²) in [6, 6.07) is 18.3. The second kappa shape index (κ2) is 11.2. The number of amides is 1. The maximum atomic E-state index is 13.5. The number of halogens is 2. The summed E-state index contributed by atoms with van der Waals surface area (Å²) in [6.07, 6.45) is 1.80. The van der Waals surface area contributed by atoms with Crippen LogP contribution >= 0.6 is 11.6 Å². The van der Waals surface area contributed by atoms with Crippen molar-refractivity contribution in [1.82, 2.24) is 0 Å². The number of rotatable bonds is 8. The van der Waals surface area contributed by atoms with Gasteiger partial charge in [0.15, 0.2) is 0 Å². The van der Waals surface area contributed by atoms with E-state index in [1.165, 1.54) is 25.3 Å². The molecular formula is C26H22ClFN2O3. The molecule has 0 saturated carbocycles. The first kappa shape index (κ1) is 23.8. The molecule has 0 aliphatic rings. The largest absolute Gasteiger partial charge is 0.496 e. The molecule has 0 aliphatic heterocycles. The average Bonchev–Trinajstić information content (AvgIpc) is 2.80. The first-order valence-electron chi connectivity index (χ1n) is 10.2. The summed E-state index contributed by atoms with van der Waals surface area (Å²) in [7, 11) is 1.50. The number of ether oxygens (including phenoxy) is 2. The Balaban J connectivity index is 1.83. The van der Waals surface area contributed by atoms with Gasteiger partial charge in [0.1, 0.15) is 29.0 Å². The number of benzene rings is 3. The normalized spacial score (nSPS) is 10.9. The Morgan fingerprint density at radius 2 is 1.94 bits per heavy atom. The molecule has 33 heavy (non-hydrogen) atoms. The summed E-state index contributed by atoms with van der Waals surface area (Å²) in [6.45, 7) is 2.43. The molecule has 3 rings (SSSR count). The van der Waals surface area contributed by atoms with E-state index in [9.17, 15) is 14.4 Å². The molecule has 3 aromatic rings. The van der Waals surface area contributed by atoms with Crippen LogP contribution in [0.4, 0.5) is 10.1 Å². The molecule has 0 radical (unpaired) electrons. The molecule has 1 amide bonds. The minimum Gasteiger partial charge on any atom is -0.496 e. The van der Waals surface area contributed by atoms with Gasteiger partial charge in [-0.05, 0) is 72.7 Å². The van der Waals surface area contributed by atoms with Crippen LogP contribution in [0.5, 0.6) is 11.5 Å². The third kappa shape index (κ3) is 6.34. The number of methoxy groups -OCH3 is 1. The van der Waals surface area contributed by atoms with Crippen LogP contribution in [-0.4, -0.2) is 19.6 Å². The van der Waals surface area contributed by atoms with Crippen LogP contribution in [0.2, 0.25) is 5.02 Å². The van der Waals surface area contributed by atoms with E-state index in [1.54, 1.807) is 48.5 Å². The van der Waals surface area contributed by atoms with E-state index in [4.69, 9.17) is 21.1 Å². The van der Waals surface area contributed by atoms with E-state index in [1.807, 2.05) is 13.0 Å². The molecule has 7 heteroatoms. The molecule has 0 unspecified atom stereocenters. The van der Waals surface area contributed by atoms with Crippen molar-refractivity contribution in [3.05, 3.63) is 93.8 Å². The van der Waals surface area contributed by atoms with Gasteiger partial charge in [0.2, 0.25) is 0 Å².